The number of hydrogen-bond acceptors (Lipinski definition) is 7. The quantitative estimate of drug-likeness (QED) is 0.0769. The molecule has 0 rings (SSSR count). The molecule has 0 radical (unpaired) electrons. The number of rotatable bonds is 14. The zero-order chi connectivity index (χ0) is 24.1. The minimum absolute atomic E-state index is 0.0825. The number of carboxylic acid groups (broad SMARTS) is 1. The summed E-state index contributed by atoms with van der Waals surface area (Å²) in [6, 6.07) is -4.54. The van der Waals surface area contributed by atoms with Gasteiger partial charge in [0.25, 0.3) is 0 Å². The lowest BCUT2D eigenvalue weighted by atomic mass is 9.99. The van der Waals surface area contributed by atoms with E-state index in [2.05, 4.69) is 20.9 Å². The number of carbonyl (C=O) groups is 4. The largest absolute Gasteiger partial charge is 0.480 e. The molecule has 0 aromatic rings. The number of aliphatic carboxylic acids is 1. The van der Waals surface area contributed by atoms with Gasteiger partial charge in [-0.1, -0.05) is 20.3 Å². The van der Waals surface area contributed by atoms with Gasteiger partial charge in [0.05, 0.1) is 12.6 Å². The lowest BCUT2D eigenvalue weighted by molar-refractivity contribution is -0.142. The van der Waals surface area contributed by atoms with Crippen molar-refractivity contribution in [2.24, 2.45) is 28.1 Å². The van der Waals surface area contributed by atoms with Crippen LogP contribution in [0.3, 0.4) is 0 Å². The molecule has 0 aromatic carbocycles. The third kappa shape index (κ3) is 10.6. The fraction of sp³-hybridized carbons (Fsp3) is 0.722. The van der Waals surface area contributed by atoms with Crippen molar-refractivity contribution < 1.29 is 29.4 Å². The topological polar surface area (TPSA) is 235 Å². The Morgan fingerprint density at radius 1 is 0.968 bits per heavy atom. The number of aliphatic hydroxyl groups is 1. The van der Waals surface area contributed by atoms with Crippen LogP contribution in [0.25, 0.3) is 0 Å². The van der Waals surface area contributed by atoms with Crippen molar-refractivity contribution in [3.8, 4) is 0 Å². The molecule has 178 valence electrons. The number of amides is 3. The highest BCUT2D eigenvalue weighted by molar-refractivity contribution is 5.94. The standard InChI is InChI=1S/C18H35N7O6/c1-4-9(2)13(19)16(29)25-12(8-26)15(28)24-11(6-5-7-22-18(20)21)14(27)23-10(3)17(30)31/h9-13,26H,4-8,19H2,1-3H3,(H,23,27)(H,24,28)(H,25,29)(H,30,31)(H4,20,21,22). The number of aliphatic imine (C=N–C) groups is 1. The minimum Gasteiger partial charge on any atom is -0.480 e. The number of aliphatic hydroxyl groups excluding tert-OH is 1. The number of carbonyl (C=O) groups excluding carboxylic acids is 3. The molecule has 0 heterocycles. The third-order valence-corrected chi connectivity index (χ3v) is 4.68. The molecule has 11 N–H and O–H groups in total. The molecular formula is C18H35N7O6. The Balaban J connectivity index is 5.22. The second-order valence-corrected chi connectivity index (χ2v) is 7.23. The Kier molecular flexibility index (Phi) is 12.8. The van der Waals surface area contributed by atoms with Gasteiger partial charge in [-0.05, 0) is 25.7 Å². The first kappa shape index (κ1) is 28.1. The average molecular weight is 446 g/mol. The molecule has 0 aromatic heterocycles. The highest BCUT2D eigenvalue weighted by atomic mass is 16.4. The van der Waals surface area contributed by atoms with E-state index in [1.165, 1.54) is 6.92 Å². The van der Waals surface area contributed by atoms with Crippen LogP contribution in [0.4, 0.5) is 0 Å². The van der Waals surface area contributed by atoms with Crippen molar-refractivity contribution in [1.82, 2.24) is 16.0 Å². The van der Waals surface area contributed by atoms with Gasteiger partial charge in [0.1, 0.15) is 18.1 Å². The Morgan fingerprint density at radius 2 is 1.52 bits per heavy atom. The third-order valence-electron chi connectivity index (χ3n) is 4.68. The SMILES string of the molecule is CCC(C)C(N)C(=O)NC(CO)C(=O)NC(CCCN=C(N)N)C(=O)NC(C)C(=O)O. The van der Waals surface area contributed by atoms with E-state index in [1.807, 2.05) is 6.92 Å². The summed E-state index contributed by atoms with van der Waals surface area (Å²) < 4.78 is 0. The zero-order valence-electron chi connectivity index (χ0n) is 18.1. The van der Waals surface area contributed by atoms with Crippen molar-refractivity contribution >= 4 is 29.7 Å². The molecule has 0 spiro atoms. The van der Waals surface area contributed by atoms with E-state index in [0.717, 1.165) is 0 Å². The number of nitrogens with zero attached hydrogens (tertiary/aromatic N) is 1. The van der Waals surface area contributed by atoms with Crippen molar-refractivity contribution in [1.29, 1.82) is 0 Å². The van der Waals surface area contributed by atoms with E-state index in [9.17, 15) is 24.3 Å². The van der Waals surface area contributed by atoms with E-state index in [-0.39, 0.29) is 24.8 Å². The molecule has 13 heteroatoms. The van der Waals surface area contributed by atoms with Crippen molar-refractivity contribution in [3.63, 3.8) is 0 Å². The minimum atomic E-state index is -1.34. The van der Waals surface area contributed by atoms with Gasteiger partial charge in [0, 0.05) is 6.54 Å². The molecule has 0 bridgehead atoms. The molecule has 0 aliphatic carbocycles. The molecule has 0 aliphatic heterocycles. The second-order valence-electron chi connectivity index (χ2n) is 7.23. The van der Waals surface area contributed by atoms with Gasteiger partial charge in [-0.25, -0.2) is 0 Å². The van der Waals surface area contributed by atoms with E-state index in [4.69, 9.17) is 22.3 Å². The average Bonchev–Trinajstić information content (AvgIpc) is 2.71. The monoisotopic (exact) mass is 445 g/mol. The molecule has 13 nitrogen and oxygen atoms in total. The lowest BCUT2D eigenvalue weighted by Crippen LogP contribution is -2.58. The van der Waals surface area contributed by atoms with Crippen LogP contribution in [-0.2, 0) is 19.2 Å². The van der Waals surface area contributed by atoms with Crippen molar-refractivity contribution in [3.05, 3.63) is 0 Å². The summed E-state index contributed by atoms with van der Waals surface area (Å²) in [6.07, 6.45) is 1.02. The summed E-state index contributed by atoms with van der Waals surface area (Å²) in [5, 5.41) is 25.5. The molecule has 5 atom stereocenters. The van der Waals surface area contributed by atoms with E-state index < -0.39 is 54.5 Å². The van der Waals surface area contributed by atoms with Gasteiger partial charge >= 0.3 is 5.97 Å². The molecule has 3 amide bonds. The number of nitrogens with one attached hydrogen (secondary N) is 3. The first-order chi connectivity index (χ1) is 14.4. The zero-order valence-corrected chi connectivity index (χ0v) is 18.1. The van der Waals surface area contributed by atoms with Crippen LogP contribution in [-0.4, -0.2) is 77.2 Å². The van der Waals surface area contributed by atoms with Crippen LogP contribution < -0.4 is 33.2 Å². The maximum atomic E-state index is 12.6. The summed E-state index contributed by atoms with van der Waals surface area (Å²) in [6.45, 7) is 4.36. The van der Waals surface area contributed by atoms with Gasteiger partial charge in [0.2, 0.25) is 17.7 Å². The normalized spacial score (nSPS) is 15.5. The first-order valence-corrected chi connectivity index (χ1v) is 10.00. The molecule has 5 unspecified atom stereocenters. The van der Waals surface area contributed by atoms with Crippen molar-refractivity contribution in [2.45, 2.75) is 64.2 Å². The summed E-state index contributed by atoms with van der Waals surface area (Å²) in [5.41, 5.74) is 16.3. The van der Waals surface area contributed by atoms with Gasteiger partial charge in [-0.2, -0.15) is 0 Å². The maximum Gasteiger partial charge on any atom is 0.325 e. The Labute approximate surface area is 181 Å². The molecule has 0 fully saturated rings. The summed E-state index contributed by atoms with van der Waals surface area (Å²) >= 11 is 0. The van der Waals surface area contributed by atoms with Gasteiger partial charge in [0.15, 0.2) is 5.96 Å². The van der Waals surface area contributed by atoms with Crippen LogP contribution in [0.15, 0.2) is 4.99 Å². The fourth-order valence-corrected chi connectivity index (χ4v) is 2.39. The summed E-state index contributed by atoms with van der Waals surface area (Å²) in [4.78, 5) is 52.0. The highest BCUT2D eigenvalue weighted by Gasteiger charge is 2.29. The van der Waals surface area contributed by atoms with Crippen LogP contribution in [0.5, 0.6) is 0 Å². The van der Waals surface area contributed by atoms with Gasteiger partial charge in [-0.3, -0.25) is 24.2 Å². The molecule has 0 saturated carbocycles. The van der Waals surface area contributed by atoms with Crippen LogP contribution in [0.2, 0.25) is 0 Å². The number of guanidine groups is 1. The predicted molar refractivity (Wildman–Crippen MR) is 114 cm³/mol. The summed E-state index contributed by atoms with van der Waals surface area (Å²) in [7, 11) is 0. The summed E-state index contributed by atoms with van der Waals surface area (Å²) in [5.74, 6) is -3.71. The lowest BCUT2D eigenvalue weighted by Gasteiger charge is -2.24. The number of hydrogen-bond donors (Lipinski definition) is 8. The number of carboxylic acids is 1. The smallest absolute Gasteiger partial charge is 0.325 e. The predicted octanol–water partition coefficient (Wildman–Crippen LogP) is -3.04. The molecule has 0 saturated heterocycles. The van der Waals surface area contributed by atoms with E-state index in [0.29, 0.717) is 12.8 Å². The Bertz CT molecular complexity index is 653. The van der Waals surface area contributed by atoms with E-state index in [1.54, 1.807) is 6.92 Å². The second kappa shape index (κ2) is 14.1. The fourth-order valence-electron chi connectivity index (χ4n) is 2.39. The molecule has 0 aliphatic rings. The first-order valence-electron chi connectivity index (χ1n) is 10.00. The number of nitrogens with two attached hydrogens (primary N) is 3. The Hall–Kier alpha value is -2.93. The van der Waals surface area contributed by atoms with E-state index >= 15 is 0 Å². The van der Waals surface area contributed by atoms with Crippen LogP contribution >= 0.6 is 0 Å². The molecule has 31 heavy (non-hydrogen) atoms. The van der Waals surface area contributed by atoms with Crippen LogP contribution in [0, 0.1) is 5.92 Å². The van der Waals surface area contributed by atoms with Gasteiger partial charge < -0.3 is 43.4 Å². The maximum absolute atomic E-state index is 12.6. The van der Waals surface area contributed by atoms with Crippen LogP contribution in [0.1, 0.15) is 40.0 Å². The highest BCUT2D eigenvalue weighted by Crippen LogP contribution is 2.06. The van der Waals surface area contributed by atoms with Crippen molar-refractivity contribution in [2.75, 3.05) is 13.2 Å². The van der Waals surface area contributed by atoms with Gasteiger partial charge in [-0.15, -0.1) is 0 Å². The molecular weight excluding hydrogens is 410 g/mol. The Morgan fingerprint density at radius 3 is 2.00 bits per heavy atom.